The smallest absolute Gasteiger partial charge is 0.416 e. The number of rotatable bonds is 3. The predicted octanol–water partition coefficient (Wildman–Crippen LogP) is 3.81. The molecule has 1 aromatic rings. The highest BCUT2D eigenvalue weighted by Gasteiger charge is 2.30. The number of carbonyl (C=O) groups is 1. The molecule has 0 N–H and O–H groups in total. The molecule has 0 heterocycles. The first kappa shape index (κ1) is 13.6. The second kappa shape index (κ2) is 5.47. The van der Waals surface area contributed by atoms with Gasteiger partial charge in [-0.1, -0.05) is 12.1 Å². The van der Waals surface area contributed by atoms with Gasteiger partial charge in [0.2, 0.25) is 0 Å². The van der Waals surface area contributed by atoms with Crippen LogP contribution in [-0.2, 0) is 15.7 Å². The van der Waals surface area contributed by atoms with Gasteiger partial charge in [-0.15, -0.1) is 0 Å². The molecular formula is C14H13F3O2. The van der Waals surface area contributed by atoms with Gasteiger partial charge in [0.15, 0.2) is 0 Å². The first-order chi connectivity index (χ1) is 8.95. The van der Waals surface area contributed by atoms with E-state index in [1.165, 1.54) is 18.2 Å². The number of carbonyl (C=O) groups excluding carboxylic acids is 1. The highest BCUT2D eigenvalue weighted by molar-refractivity contribution is 5.87. The summed E-state index contributed by atoms with van der Waals surface area (Å²) in [6, 6.07) is 4.79. The van der Waals surface area contributed by atoms with Crippen LogP contribution in [0.3, 0.4) is 0 Å². The van der Waals surface area contributed by atoms with Gasteiger partial charge in [-0.05, 0) is 43.0 Å². The SMILES string of the molecule is O=C(/C=C/c1cccc(C(F)(F)F)c1)OC1CCC1. The van der Waals surface area contributed by atoms with E-state index in [9.17, 15) is 18.0 Å². The molecule has 1 aliphatic rings. The summed E-state index contributed by atoms with van der Waals surface area (Å²) >= 11 is 0. The minimum Gasteiger partial charge on any atom is -0.459 e. The second-order valence-electron chi connectivity index (χ2n) is 4.45. The molecule has 0 aliphatic heterocycles. The molecule has 19 heavy (non-hydrogen) atoms. The van der Waals surface area contributed by atoms with Crippen LogP contribution >= 0.6 is 0 Å². The predicted molar refractivity (Wildman–Crippen MR) is 64.2 cm³/mol. The van der Waals surface area contributed by atoms with Gasteiger partial charge in [-0.2, -0.15) is 13.2 Å². The maximum Gasteiger partial charge on any atom is 0.416 e. The van der Waals surface area contributed by atoms with E-state index in [4.69, 9.17) is 4.74 Å². The normalized spacial score (nSPS) is 16.4. The molecule has 2 rings (SSSR count). The van der Waals surface area contributed by atoms with Crippen molar-refractivity contribution >= 4 is 12.0 Å². The first-order valence-corrected chi connectivity index (χ1v) is 6.01. The minimum atomic E-state index is -4.38. The molecule has 0 atom stereocenters. The van der Waals surface area contributed by atoms with Crippen LogP contribution in [0.15, 0.2) is 30.3 Å². The van der Waals surface area contributed by atoms with Gasteiger partial charge in [0, 0.05) is 6.08 Å². The number of ether oxygens (including phenoxy) is 1. The third-order valence-corrected chi connectivity index (χ3v) is 2.96. The average Bonchev–Trinajstić information content (AvgIpc) is 2.31. The third-order valence-electron chi connectivity index (χ3n) is 2.96. The first-order valence-electron chi connectivity index (χ1n) is 6.01. The van der Waals surface area contributed by atoms with E-state index < -0.39 is 17.7 Å². The number of esters is 1. The molecule has 1 fully saturated rings. The van der Waals surface area contributed by atoms with Gasteiger partial charge in [0.05, 0.1) is 5.56 Å². The van der Waals surface area contributed by atoms with Gasteiger partial charge in [0.1, 0.15) is 6.10 Å². The molecule has 5 heteroatoms. The summed E-state index contributed by atoms with van der Waals surface area (Å²) in [5.41, 5.74) is -0.414. The Morgan fingerprint density at radius 3 is 2.63 bits per heavy atom. The van der Waals surface area contributed by atoms with Gasteiger partial charge in [-0.25, -0.2) is 4.79 Å². The van der Waals surface area contributed by atoms with E-state index in [2.05, 4.69) is 0 Å². The van der Waals surface area contributed by atoms with E-state index in [1.54, 1.807) is 0 Å². The Balaban J connectivity index is 1.99. The summed E-state index contributed by atoms with van der Waals surface area (Å²) in [6.07, 6.45) is 0.862. The fourth-order valence-electron chi connectivity index (χ4n) is 1.68. The lowest BCUT2D eigenvalue weighted by Gasteiger charge is -2.24. The van der Waals surface area contributed by atoms with Gasteiger partial charge >= 0.3 is 12.1 Å². The standard InChI is InChI=1S/C14H13F3O2/c15-14(16,17)11-4-1-3-10(9-11)7-8-13(18)19-12-5-2-6-12/h1,3-4,7-9,12H,2,5-6H2/b8-7+. The summed E-state index contributed by atoms with van der Waals surface area (Å²) in [7, 11) is 0. The Hall–Kier alpha value is -1.78. The van der Waals surface area contributed by atoms with Crippen molar-refractivity contribution in [2.75, 3.05) is 0 Å². The maximum absolute atomic E-state index is 12.5. The highest BCUT2D eigenvalue weighted by Crippen LogP contribution is 2.29. The van der Waals surface area contributed by atoms with E-state index in [0.717, 1.165) is 37.5 Å². The molecule has 0 amide bonds. The number of hydrogen-bond donors (Lipinski definition) is 0. The molecule has 0 aromatic heterocycles. The van der Waals surface area contributed by atoms with Crippen LogP contribution in [0.25, 0.3) is 6.08 Å². The number of halogens is 3. The van der Waals surface area contributed by atoms with E-state index in [0.29, 0.717) is 5.56 Å². The lowest BCUT2D eigenvalue weighted by Crippen LogP contribution is -2.23. The molecular weight excluding hydrogens is 257 g/mol. The van der Waals surface area contributed by atoms with Gasteiger partial charge in [-0.3, -0.25) is 0 Å². The van der Waals surface area contributed by atoms with Gasteiger partial charge in [0.25, 0.3) is 0 Å². The van der Waals surface area contributed by atoms with Crippen molar-refractivity contribution < 1.29 is 22.7 Å². The van der Waals surface area contributed by atoms with Crippen LogP contribution in [-0.4, -0.2) is 12.1 Å². The maximum atomic E-state index is 12.5. The number of benzene rings is 1. The van der Waals surface area contributed by atoms with Crippen molar-refractivity contribution in [3.63, 3.8) is 0 Å². The Labute approximate surface area is 108 Å². The molecule has 0 bridgehead atoms. The van der Waals surface area contributed by atoms with Crippen molar-refractivity contribution in [2.24, 2.45) is 0 Å². The molecule has 1 saturated carbocycles. The molecule has 102 valence electrons. The summed E-state index contributed by atoms with van der Waals surface area (Å²) in [6.45, 7) is 0. The van der Waals surface area contributed by atoms with E-state index in [-0.39, 0.29) is 6.10 Å². The van der Waals surface area contributed by atoms with Crippen LogP contribution in [0.4, 0.5) is 13.2 Å². The average molecular weight is 270 g/mol. The van der Waals surface area contributed by atoms with Crippen LogP contribution in [0.5, 0.6) is 0 Å². The summed E-state index contributed by atoms with van der Waals surface area (Å²) in [5, 5.41) is 0. The van der Waals surface area contributed by atoms with Crippen LogP contribution in [0.1, 0.15) is 30.4 Å². The van der Waals surface area contributed by atoms with Crippen molar-refractivity contribution in [3.8, 4) is 0 Å². The van der Waals surface area contributed by atoms with Crippen LogP contribution in [0, 0.1) is 0 Å². The van der Waals surface area contributed by atoms with Crippen LogP contribution < -0.4 is 0 Å². The summed E-state index contributed by atoms with van der Waals surface area (Å²) in [4.78, 5) is 11.4. The molecule has 1 aromatic carbocycles. The zero-order valence-corrected chi connectivity index (χ0v) is 10.1. The molecule has 0 unspecified atom stereocenters. The Morgan fingerprint density at radius 2 is 2.05 bits per heavy atom. The van der Waals surface area contributed by atoms with Gasteiger partial charge < -0.3 is 4.74 Å². The van der Waals surface area contributed by atoms with Crippen molar-refractivity contribution in [3.05, 3.63) is 41.5 Å². The van der Waals surface area contributed by atoms with E-state index in [1.807, 2.05) is 0 Å². The fraction of sp³-hybridized carbons (Fsp3) is 0.357. The lowest BCUT2D eigenvalue weighted by molar-refractivity contribution is -0.146. The Bertz CT molecular complexity index is 488. The zero-order chi connectivity index (χ0) is 13.9. The minimum absolute atomic E-state index is 0.0290. The molecule has 0 radical (unpaired) electrons. The molecule has 0 spiro atoms. The summed E-state index contributed by atoms with van der Waals surface area (Å²) < 4.78 is 42.5. The topological polar surface area (TPSA) is 26.3 Å². The largest absolute Gasteiger partial charge is 0.459 e. The molecule has 0 saturated heterocycles. The Morgan fingerprint density at radius 1 is 1.32 bits per heavy atom. The van der Waals surface area contributed by atoms with Crippen molar-refractivity contribution in [1.82, 2.24) is 0 Å². The quantitative estimate of drug-likeness (QED) is 0.616. The summed E-state index contributed by atoms with van der Waals surface area (Å²) in [5.74, 6) is -0.512. The lowest BCUT2D eigenvalue weighted by atomic mass is 9.96. The monoisotopic (exact) mass is 270 g/mol. The fourth-order valence-corrected chi connectivity index (χ4v) is 1.68. The van der Waals surface area contributed by atoms with Crippen LogP contribution in [0.2, 0.25) is 0 Å². The number of alkyl halides is 3. The van der Waals surface area contributed by atoms with Crippen molar-refractivity contribution in [1.29, 1.82) is 0 Å². The second-order valence-corrected chi connectivity index (χ2v) is 4.45. The highest BCUT2D eigenvalue weighted by atomic mass is 19.4. The molecule has 1 aliphatic carbocycles. The molecule has 2 nitrogen and oxygen atoms in total. The third kappa shape index (κ3) is 3.84. The van der Waals surface area contributed by atoms with Crippen molar-refractivity contribution in [2.45, 2.75) is 31.5 Å². The zero-order valence-electron chi connectivity index (χ0n) is 10.1. The Kier molecular flexibility index (Phi) is 3.93. The number of hydrogen-bond acceptors (Lipinski definition) is 2. The van der Waals surface area contributed by atoms with E-state index >= 15 is 0 Å².